The molecule has 0 atom stereocenters. The normalized spacial score (nSPS) is 18.9. The van der Waals surface area contributed by atoms with E-state index in [-0.39, 0.29) is 28.4 Å². The third-order valence-corrected chi connectivity index (χ3v) is 12.5. The molecule has 5 rings (SSSR count). The molecule has 0 bridgehead atoms. The van der Waals surface area contributed by atoms with Crippen molar-refractivity contribution in [1.82, 2.24) is 15.0 Å². The Labute approximate surface area is 247 Å². The van der Waals surface area contributed by atoms with Crippen LogP contribution >= 0.6 is 11.3 Å². The maximum Gasteiger partial charge on any atom is 0.280 e. The number of sulfone groups is 1. The van der Waals surface area contributed by atoms with Crippen molar-refractivity contribution in [2.75, 3.05) is 11.5 Å². The van der Waals surface area contributed by atoms with E-state index in [2.05, 4.69) is 10.0 Å². The summed E-state index contributed by atoms with van der Waals surface area (Å²) >= 11 is 1.40. The Morgan fingerprint density at radius 3 is 2.29 bits per heavy atom. The van der Waals surface area contributed by atoms with Crippen LogP contribution in [0.2, 0.25) is 0 Å². The molecule has 3 aromatic rings. The smallest absolute Gasteiger partial charge is 0.280 e. The number of nitrogens with one attached hydrogen (secondary N) is 2. The molecule has 0 spiro atoms. The summed E-state index contributed by atoms with van der Waals surface area (Å²) < 4.78 is 53.1. The van der Waals surface area contributed by atoms with E-state index in [0.717, 1.165) is 40.8 Å². The van der Waals surface area contributed by atoms with Gasteiger partial charge in [-0.25, -0.2) is 26.5 Å². The van der Waals surface area contributed by atoms with E-state index in [1.165, 1.54) is 30.6 Å². The lowest BCUT2D eigenvalue weighted by atomic mass is 9.86. The fourth-order valence-corrected chi connectivity index (χ4v) is 10.1. The van der Waals surface area contributed by atoms with Crippen LogP contribution in [0.25, 0.3) is 22.0 Å². The highest BCUT2D eigenvalue weighted by molar-refractivity contribution is 7.91. The molecule has 2 heterocycles. The van der Waals surface area contributed by atoms with Crippen LogP contribution in [0.3, 0.4) is 0 Å². The molecule has 11 heteroatoms. The summed E-state index contributed by atoms with van der Waals surface area (Å²) in [6, 6.07) is 10.7. The largest absolute Gasteiger partial charge is 0.347 e. The molecule has 1 saturated carbocycles. The van der Waals surface area contributed by atoms with Crippen molar-refractivity contribution < 1.29 is 21.6 Å². The van der Waals surface area contributed by atoms with Gasteiger partial charge in [-0.3, -0.25) is 4.79 Å². The highest BCUT2D eigenvalue weighted by Gasteiger charge is 2.29. The number of thiazole rings is 1. The van der Waals surface area contributed by atoms with Crippen molar-refractivity contribution in [3.05, 3.63) is 46.3 Å². The minimum Gasteiger partial charge on any atom is -0.347 e. The minimum atomic E-state index is -3.78. The molecule has 2 aliphatic rings. The van der Waals surface area contributed by atoms with E-state index in [0.29, 0.717) is 29.2 Å². The number of hydrogen-bond donors (Lipinski definition) is 2. The number of amides is 1. The topological polar surface area (TPSA) is 122 Å². The summed E-state index contributed by atoms with van der Waals surface area (Å²) in [7, 11) is -6.81. The van der Waals surface area contributed by atoms with Crippen molar-refractivity contribution in [2.45, 2.75) is 88.6 Å². The van der Waals surface area contributed by atoms with E-state index in [4.69, 9.17) is 4.98 Å². The van der Waals surface area contributed by atoms with Gasteiger partial charge < -0.3 is 5.32 Å². The third-order valence-electron chi connectivity index (χ3n) is 7.85. The Morgan fingerprint density at radius 1 is 0.976 bits per heavy atom. The Balaban J connectivity index is 1.54. The van der Waals surface area contributed by atoms with Crippen molar-refractivity contribution in [2.24, 2.45) is 5.92 Å². The molecule has 1 aliphatic carbocycles. The van der Waals surface area contributed by atoms with Gasteiger partial charge in [-0.2, -0.15) is 0 Å². The lowest BCUT2D eigenvalue weighted by Gasteiger charge is -2.22. The molecule has 1 saturated heterocycles. The lowest BCUT2D eigenvalue weighted by molar-refractivity contribution is 0.0934. The Morgan fingerprint density at radius 2 is 1.63 bits per heavy atom. The highest BCUT2D eigenvalue weighted by atomic mass is 32.2. The Bertz CT molecular complexity index is 1640. The molecular formula is C30H39N3O5S3. The first-order valence-electron chi connectivity index (χ1n) is 14.4. The molecule has 41 heavy (non-hydrogen) atoms. The van der Waals surface area contributed by atoms with Crippen LogP contribution in [0, 0.1) is 5.92 Å². The molecule has 2 fully saturated rings. The maximum absolute atomic E-state index is 13.3. The van der Waals surface area contributed by atoms with E-state index >= 15 is 0 Å². The highest BCUT2D eigenvalue weighted by Crippen LogP contribution is 2.39. The molecule has 8 nitrogen and oxygen atoms in total. The number of carbonyl (C=O) groups is 1. The van der Waals surface area contributed by atoms with Gasteiger partial charge in [-0.1, -0.05) is 62.4 Å². The molecule has 1 aliphatic heterocycles. The van der Waals surface area contributed by atoms with Crippen LogP contribution in [0.15, 0.2) is 41.3 Å². The van der Waals surface area contributed by atoms with Gasteiger partial charge in [0.1, 0.15) is 9.84 Å². The van der Waals surface area contributed by atoms with E-state index in [1.54, 1.807) is 6.07 Å². The second kappa shape index (κ2) is 11.7. The Hall–Kier alpha value is -2.34. The summed E-state index contributed by atoms with van der Waals surface area (Å²) in [4.78, 5) is 19.4. The summed E-state index contributed by atoms with van der Waals surface area (Å²) in [5.74, 6) is 0.399. The van der Waals surface area contributed by atoms with Crippen LogP contribution < -0.4 is 10.0 Å². The van der Waals surface area contributed by atoms with Gasteiger partial charge in [0.2, 0.25) is 10.0 Å². The quantitative estimate of drug-likeness (QED) is 0.363. The van der Waals surface area contributed by atoms with E-state index < -0.39 is 25.4 Å². The number of benzene rings is 2. The summed E-state index contributed by atoms with van der Waals surface area (Å²) in [6.45, 7) is 5.44. The first-order chi connectivity index (χ1) is 19.3. The van der Waals surface area contributed by atoms with E-state index in [1.807, 2.05) is 51.1 Å². The first-order valence-corrected chi connectivity index (χ1v) is 18.5. The zero-order valence-corrected chi connectivity index (χ0v) is 26.4. The van der Waals surface area contributed by atoms with Gasteiger partial charge in [-0.05, 0) is 57.4 Å². The lowest BCUT2D eigenvalue weighted by Crippen LogP contribution is -2.40. The van der Waals surface area contributed by atoms with Gasteiger partial charge in [0.15, 0.2) is 5.01 Å². The minimum absolute atomic E-state index is 0.0827. The number of fused-ring (bicyclic) bond motifs is 1. The fourth-order valence-electron chi connectivity index (χ4n) is 5.90. The molecular weight excluding hydrogens is 579 g/mol. The van der Waals surface area contributed by atoms with Crippen LogP contribution in [0.4, 0.5) is 0 Å². The number of rotatable bonds is 7. The number of sulfonamides is 1. The van der Waals surface area contributed by atoms with Crippen LogP contribution in [0.5, 0.6) is 0 Å². The third kappa shape index (κ3) is 7.18. The molecule has 222 valence electrons. The number of nitrogens with zero attached hydrogens (tertiary/aromatic N) is 1. The molecule has 2 N–H and O–H groups in total. The van der Waals surface area contributed by atoms with Crippen molar-refractivity contribution in [3.63, 3.8) is 0 Å². The van der Waals surface area contributed by atoms with Gasteiger partial charge in [0.25, 0.3) is 5.91 Å². The zero-order valence-electron chi connectivity index (χ0n) is 23.9. The molecule has 0 radical (unpaired) electrons. The number of carbonyl (C=O) groups excluding carboxylic acids is 1. The predicted molar refractivity (Wildman–Crippen MR) is 165 cm³/mol. The molecule has 0 unspecified atom stereocenters. The van der Waals surface area contributed by atoms with Crippen LogP contribution in [-0.4, -0.2) is 50.8 Å². The monoisotopic (exact) mass is 617 g/mol. The van der Waals surface area contributed by atoms with Crippen LogP contribution in [0.1, 0.15) is 80.4 Å². The predicted octanol–water partition coefficient (Wildman–Crippen LogP) is 5.47. The SMILES string of the molecule is CC(C)(C)NS(=O)(=O)c1ccc(-c2nc(C(=O)NC3CCS(=O)(=O)CC3)sc2CC2CCCCC2)c2ccccc12. The fraction of sp³-hybridized carbons (Fsp3) is 0.533. The summed E-state index contributed by atoms with van der Waals surface area (Å²) in [5, 5.41) is 4.74. The van der Waals surface area contributed by atoms with Crippen molar-refractivity contribution in [1.29, 1.82) is 0 Å². The van der Waals surface area contributed by atoms with Gasteiger partial charge in [0.05, 0.1) is 22.1 Å². The summed E-state index contributed by atoms with van der Waals surface area (Å²) in [5.41, 5.74) is 0.895. The Kier molecular flexibility index (Phi) is 8.63. The average molecular weight is 618 g/mol. The van der Waals surface area contributed by atoms with Crippen molar-refractivity contribution >= 4 is 47.9 Å². The van der Waals surface area contributed by atoms with E-state index in [9.17, 15) is 21.6 Å². The standard InChI is InChI=1S/C30H39N3O5S3/c1-30(2,3)33-41(37,38)26-14-13-24(22-11-7-8-12-23(22)26)27-25(19-20-9-5-4-6-10-20)39-29(32-27)28(34)31-21-15-17-40(35,36)18-16-21/h7-8,11-14,20-21,33H,4-6,9-10,15-19H2,1-3H3,(H,31,34). The second-order valence-electron chi connectivity index (χ2n) is 12.4. The zero-order chi connectivity index (χ0) is 29.4. The van der Waals surface area contributed by atoms with Gasteiger partial charge in [0, 0.05) is 27.4 Å². The van der Waals surface area contributed by atoms with Crippen molar-refractivity contribution in [3.8, 4) is 11.3 Å². The number of hydrogen-bond acceptors (Lipinski definition) is 7. The number of aromatic nitrogens is 1. The average Bonchev–Trinajstić information content (AvgIpc) is 3.32. The second-order valence-corrected chi connectivity index (χ2v) is 17.4. The van der Waals surface area contributed by atoms with Gasteiger partial charge >= 0.3 is 0 Å². The van der Waals surface area contributed by atoms with Gasteiger partial charge in [-0.15, -0.1) is 11.3 Å². The molecule has 1 amide bonds. The van der Waals surface area contributed by atoms with Crippen LogP contribution in [-0.2, 0) is 26.3 Å². The first kappa shape index (κ1) is 30.1. The molecule has 2 aromatic carbocycles. The molecule has 1 aromatic heterocycles. The summed E-state index contributed by atoms with van der Waals surface area (Å²) in [6.07, 6.45) is 7.58. The maximum atomic E-state index is 13.3.